The first-order valence-electron chi connectivity index (χ1n) is 29.3. The fourth-order valence-corrected chi connectivity index (χ4v) is 13.5. The van der Waals surface area contributed by atoms with Gasteiger partial charge in [-0.3, -0.25) is 19.2 Å². The number of carbonyl (C=O) groups excluding carboxylic acids is 6. The van der Waals surface area contributed by atoms with Crippen LogP contribution in [0.1, 0.15) is 57.6 Å². The number of benzene rings is 3. The van der Waals surface area contributed by atoms with Gasteiger partial charge in [-0.2, -0.15) is 0 Å². The molecule has 1 aromatic heterocycles. The maximum atomic E-state index is 14.2. The Kier molecular flexibility index (Phi) is 30.6. The third-order valence-electron chi connectivity index (χ3n) is 14.1. The summed E-state index contributed by atoms with van der Waals surface area (Å²) in [4.78, 5) is 82.2. The number of aromatic nitrogens is 3. The molecular weight excluding hydrogens is 1250 g/mol. The molecule has 3 heterocycles. The molecule has 6 rings (SSSR count). The van der Waals surface area contributed by atoms with Crippen molar-refractivity contribution in [2.75, 3.05) is 109 Å². The Morgan fingerprint density at radius 2 is 1.46 bits per heavy atom. The van der Waals surface area contributed by atoms with Crippen LogP contribution in [-0.4, -0.2) is 216 Å². The van der Waals surface area contributed by atoms with Gasteiger partial charge in [-0.05, 0) is 37.0 Å². The van der Waals surface area contributed by atoms with E-state index in [9.17, 15) is 44.1 Å². The Labute approximate surface area is 540 Å². The molecule has 1 fully saturated rings. The van der Waals surface area contributed by atoms with E-state index in [-0.39, 0.29) is 103 Å². The molecule has 3 aromatic carbocycles. The Balaban J connectivity index is 0.898. The Morgan fingerprint density at radius 3 is 2.14 bits per heavy atom. The molecule has 0 radical (unpaired) electrons. The Morgan fingerprint density at radius 1 is 0.800 bits per heavy atom. The van der Waals surface area contributed by atoms with Crippen LogP contribution in [0, 0.1) is 5.41 Å². The van der Waals surface area contributed by atoms with Crippen molar-refractivity contribution in [3.63, 3.8) is 0 Å². The van der Waals surface area contributed by atoms with E-state index in [1.54, 1.807) is 29.8 Å². The summed E-state index contributed by atoms with van der Waals surface area (Å²) in [5, 5.41) is 48.0. The second kappa shape index (κ2) is 37.9. The molecule has 4 aromatic rings. The molecule has 5 amide bonds. The molecule has 2 aliphatic rings. The summed E-state index contributed by atoms with van der Waals surface area (Å²) in [5.74, 6) is -0.482. The number of nitrogens with two attached hydrogens (primary N) is 1. The molecular formula is C60H81N9O17S4. The van der Waals surface area contributed by atoms with Crippen LogP contribution < -0.4 is 26.6 Å². The van der Waals surface area contributed by atoms with E-state index in [1.807, 2.05) is 85.8 Å². The summed E-state index contributed by atoms with van der Waals surface area (Å²) in [6.07, 6.45) is -4.61. The monoisotopic (exact) mass is 1330 g/mol. The zero-order chi connectivity index (χ0) is 64.9. The maximum absolute atomic E-state index is 14.2. The van der Waals surface area contributed by atoms with E-state index in [4.69, 9.17) is 51.1 Å². The molecule has 8 N–H and O–H groups in total. The minimum atomic E-state index is -1.50. The van der Waals surface area contributed by atoms with Crippen molar-refractivity contribution >= 4 is 97.5 Å². The fraction of sp³-hybridized carbons (Fsp3) is 0.533. The molecule has 7 unspecified atom stereocenters. The van der Waals surface area contributed by atoms with E-state index in [0.29, 0.717) is 53.4 Å². The molecule has 26 nitrogen and oxygen atoms in total. The second-order valence-electron chi connectivity index (χ2n) is 21.1. The van der Waals surface area contributed by atoms with E-state index in [0.717, 1.165) is 27.9 Å². The van der Waals surface area contributed by atoms with Crippen molar-refractivity contribution in [3.8, 4) is 22.5 Å². The van der Waals surface area contributed by atoms with E-state index in [2.05, 4.69) is 36.0 Å². The van der Waals surface area contributed by atoms with Crippen molar-refractivity contribution in [3.05, 3.63) is 90.0 Å². The van der Waals surface area contributed by atoms with Crippen LogP contribution in [0.4, 0.5) is 15.3 Å². The minimum Gasteiger partial charge on any atom is -0.463 e. The number of aliphatic hydroxyl groups excluding tert-OH is 3. The average molecular weight is 1330 g/mol. The Hall–Kier alpha value is -6.29. The van der Waals surface area contributed by atoms with Crippen molar-refractivity contribution in [2.24, 2.45) is 16.1 Å². The van der Waals surface area contributed by atoms with Gasteiger partial charge >= 0.3 is 18.2 Å². The summed E-state index contributed by atoms with van der Waals surface area (Å²) in [5.41, 5.74) is 9.44. The number of thiocarbonyl (C=S) groups is 1. The summed E-state index contributed by atoms with van der Waals surface area (Å²) >= 11 is 7.05. The number of ether oxygens (including phenoxy) is 8. The van der Waals surface area contributed by atoms with Gasteiger partial charge in [-0.1, -0.05) is 131 Å². The first-order chi connectivity index (χ1) is 43.4. The lowest BCUT2D eigenvalue weighted by molar-refractivity contribution is -0.269. The van der Waals surface area contributed by atoms with Crippen molar-refractivity contribution < 1.29 is 82.0 Å². The number of aliphatic imine (C=N–C) groups is 1. The lowest BCUT2D eigenvalue weighted by Crippen LogP contribution is -2.64. The van der Waals surface area contributed by atoms with Crippen LogP contribution in [0.2, 0.25) is 0 Å². The number of anilines is 1. The van der Waals surface area contributed by atoms with Gasteiger partial charge in [0.1, 0.15) is 49.9 Å². The number of rotatable bonds is 37. The van der Waals surface area contributed by atoms with Gasteiger partial charge in [-0.25, -0.2) is 14.3 Å². The van der Waals surface area contributed by atoms with Gasteiger partial charge in [0.25, 0.3) is 0 Å². The quantitative estimate of drug-likeness (QED) is 0.00818. The zero-order valence-electron chi connectivity index (χ0n) is 50.8. The standard InChI is InChI=1S/C60H81N9O17S4/c1-40(71)65-50-53(75)52(74)46(37-70)86-54(50)83-24-22-63-56(76)60(3,90-55(87)41-12-6-5-7-13-41)38-59(2,39-62-4)20-18-48(73)82-31-30-81-29-28-80-27-26-79-25-23-69-51-43-15-9-8-14-42(43)36-68(45-17-11-10-16-44(45)49(51)66-67-69)47(72)19-21-64-58(78)85-33-35-89-88-34-32-84-57(61)77/h5-17,39,46,50,52-54,70,74-75H,18-38H2,1-4H3,(H2,61,77)(H,63,76)(H,64,78)(H,65,71). The van der Waals surface area contributed by atoms with Gasteiger partial charge in [-0.15, -0.1) is 5.10 Å². The third kappa shape index (κ3) is 22.8. The van der Waals surface area contributed by atoms with Crippen LogP contribution in [-0.2, 0) is 70.2 Å². The predicted molar refractivity (Wildman–Crippen MR) is 345 cm³/mol. The van der Waals surface area contributed by atoms with Gasteiger partial charge in [0.05, 0.1) is 86.3 Å². The summed E-state index contributed by atoms with van der Waals surface area (Å²) in [6, 6.07) is 23.4. The van der Waals surface area contributed by atoms with Crippen molar-refractivity contribution in [2.45, 2.75) is 94.9 Å². The SMILES string of the molecule is CN=CC(C)(CCC(=O)OCCOCCOCCOCCn1nnc2c1-c1ccccc1CN(C(=O)CCNC(=O)OCCSSCCOC(N)=O)c1ccccc1-2)CC(C)(SC(=S)c1ccccc1)C(=O)NCCOC1OC(CO)C(O)C(O)C1NC(C)=O. The number of carbonyl (C=O) groups is 6. The van der Waals surface area contributed by atoms with Crippen LogP contribution in [0.25, 0.3) is 22.5 Å². The number of nitrogens with one attached hydrogen (secondary N) is 3. The lowest BCUT2D eigenvalue weighted by Gasteiger charge is -2.42. The highest BCUT2D eigenvalue weighted by Gasteiger charge is 2.46. The highest BCUT2D eigenvalue weighted by Crippen LogP contribution is 2.43. The topological polar surface area (TPSA) is 345 Å². The highest BCUT2D eigenvalue weighted by molar-refractivity contribution is 8.76. The second-order valence-corrected chi connectivity index (χ2v) is 26.0. The van der Waals surface area contributed by atoms with Gasteiger partial charge in [0, 0.05) is 74.2 Å². The number of esters is 1. The largest absolute Gasteiger partial charge is 0.463 e. The molecule has 0 aliphatic carbocycles. The minimum absolute atomic E-state index is 0.0137. The van der Waals surface area contributed by atoms with Gasteiger partial charge in [0.2, 0.25) is 17.7 Å². The molecule has 90 heavy (non-hydrogen) atoms. The lowest BCUT2D eigenvalue weighted by atomic mass is 9.78. The molecule has 492 valence electrons. The third-order valence-corrected chi connectivity index (χ3v) is 18.1. The number of primary amides is 1. The van der Waals surface area contributed by atoms with Gasteiger partial charge < -0.3 is 84.8 Å². The molecule has 0 spiro atoms. The van der Waals surface area contributed by atoms with E-state index < -0.39 is 71.5 Å². The molecule has 7 atom stereocenters. The van der Waals surface area contributed by atoms with E-state index in [1.165, 1.54) is 40.3 Å². The number of amides is 5. The first-order valence-corrected chi connectivity index (χ1v) is 33.0. The van der Waals surface area contributed by atoms with Crippen LogP contribution in [0.15, 0.2) is 83.9 Å². The fourth-order valence-electron chi connectivity index (χ4n) is 9.90. The number of alkyl carbamates (subject to hydrolysis) is 1. The van der Waals surface area contributed by atoms with Crippen LogP contribution in [0.3, 0.4) is 0 Å². The summed E-state index contributed by atoms with van der Waals surface area (Å²) in [6.45, 7) is 6.80. The number of aliphatic hydroxyl groups is 3. The highest BCUT2D eigenvalue weighted by atomic mass is 33.1. The zero-order valence-corrected chi connectivity index (χ0v) is 54.1. The average Bonchev–Trinajstić information content (AvgIpc) is 1.50. The number of fused-ring (bicyclic) bond motifs is 5. The number of para-hydroxylation sites is 1. The molecule has 1 saturated heterocycles. The number of hydrogen-bond acceptors (Lipinski definition) is 24. The van der Waals surface area contributed by atoms with Crippen molar-refractivity contribution in [1.29, 1.82) is 0 Å². The van der Waals surface area contributed by atoms with Crippen LogP contribution in [0.5, 0.6) is 0 Å². The summed E-state index contributed by atoms with van der Waals surface area (Å²) < 4.78 is 45.3. The molecule has 0 saturated carbocycles. The van der Waals surface area contributed by atoms with Gasteiger partial charge in [0.15, 0.2) is 6.29 Å². The number of hydrogen-bond donors (Lipinski definition) is 7. The predicted octanol–water partition coefficient (Wildman–Crippen LogP) is 4.47. The summed E-state index contributed by atoms with van der Waals surface area (Å²) in [7, 11) is 4.54. The smallest absolute Gasteiger partial charge is 0.407 e. The number of nitrogens with zero attached hydrogens (tertiary/aromatic N) is 5. The molecule has 0 bridgehead atoms. The van der Waals surface area contributed by atoms with Crippen LogP contribution >= 0.6 is 45.6 Å². The van der Waals surface area contributed by atoms with E-state index >= 15 is 0 Å². The number of thioether (sulfide) groups is 1. The first kappa shape index (κ1) is 72.8. The molecule has 2 aliphatic heterocycles. The molecule has 30 heteroatoms. The Bertz CT molecular complexity index is 3010. The maximum Gasteiger partial charge on any atom is 0.407 e. The van der Waals surface area contributed by atoms with Crippen molar-refractivity contribution in [1.82, 2.24) is 30.9 Å². The normalized spacial score (nSPS) is 18.3.